The van der Waals surface area contributed by atoms with E-state index in [0.29, 0.717) is 18.2 Å². The van der Waals surface area contributed by atoms with Crippen LogP contribution in [0.4, 0.5) is 0 Å². The van der Waals surface area contributed by atoms with Crippen molar-refractivity contribution in [3.63, 3.8) is 0 Å². The Bertz CT molecular complexity index is 480. The SMILES string of the molecule is COC1CC(NC2CCc3ccc(C)cc32)C1(C)C. The van der Waals surface area contributed by atoms with Gasteiger partial charge in [0.05, 0.1) is 6.10 Å². The summed E-state index contributed by atoms with van der Waals surface area (Å²) in [5.41, 5.74) is 4.68. The minimum absolute atomic E-state index is 0.251. The van der Waals surface area contributed by atoms with Crippen LogP contribution in [0, 0.1) is 12.3 Å². The second-order valence-electron chi connectivity index (χ2n) is 6.79. The zero-order valence-electron chi connectivity index (χ0n) is 12.5. The molecule has 0 saturated heterocycles. The van der Waals surface area contributed by atoms with Crippen molar-refractivity contribution in [3.8, 4) is 0 Å². The molecule has 1 saturated carbocycles. The molecule has 0 aromatic heterocycles. The van der Waals surface area contributed by atoms with Gasteiger partial charge in [0.2, 0.25) is 0 Å². The molecule has 0 heterocycles. The highest BCUT2D eigenvalue weighted by Gasteiger charge is 2.49. The van der Waals surface area contributed by atoms with Crippen molar-refractivity contribution in [2.45, 2.75) is 58.2 Å². The Hall–Kier alpha value is -0.860. The lowest BCUT2D eigenvalue weighted by Gasteiger charge is -2.52. The summed E-state index contributed by atoms with van der Waals surface area (Å²) in [5.74, 6) is 0. The first kappa shape index (κ1) is 13.1. The van der Waals surface area contributed by atoms with Crippen molar-refractivity contribution in [2.24, 2.45) is 5.41 Å². The third kappa shape index (κ3) is 2.11. The number of fused-ring (bicyclic) bond motifs is 1. The Labute approximate surface area is 116 Å². The molecule has 2 heteroatoms. The summed E-state index contributed by atoms with van der Waals surface area (Å²) in [4.78, 5) is 0. The fraction of sp³-hybridized carbons (Fsp3) is 0.647. The highest BCUT2D eigenvalue weighted by Crippen LogP contribution is 2.44. The average molecular weight is 259 g/mol. The molecule has 2 nitrogen and oxygen atoms in total. The van der Waals surface area contributed by atoms with E-state index in [1.54, 1.807) is 0 Å². The molecule has 0 spiro atoms. The van der Waals surface area contributed by atoms with Gasteiger partial charge in [0.15, 0.2) is 0 Å². The van der Waals surface area contributed by atoms with Crippen LogP contribution in [-0.4, -0.2) is 19.3 Å². The van der Waals surface area contributed by atoms with Crippen molar-refractivity contribution in [2.75, 3.05) is 7.11 Å². The van der Waals surface area contributed by atoms with Gasteiger partial charge in [-0.2, -0.15) is 0 Å². The minimum Gasteiger partial charge on any atom is -0.381 e. The van der Waals surface area contributed by atoms with E-state index in [-0.39, 0.29) is 5.41 Å². The van der Waals surface area contributed by atoms with Gasteiger partial charge in [-0.3, -0.25) is 0 Å². The van der Waals surface area contributed by atoms with Crippen LogP contribution in [0.5, 0.6) is 0 Å². The van der Waals surface area contributed by atoms with Crippen molar-refractivity contribution < 1.29 is 4.74 Å². The third-order valence-electron chi connectivity index (χ3n) is 5.24. The molecule has 0 bridgehead atoms. The summed E-state index contributed by atoms with van der Waals surface area (Å²) < 4.78 is 5.54. The lowest BCUT2D eigenvalue weighted by atomic mass is 9.64. The van der Waals surface area contributed by atoms with E-state index in [1.165, 1.54) is 29.5 Å². The number of benzene rings is 1. The van der Waals surface area contributed by atoms with E-state index in [4.69, 9.17) is 4.74 Å². The molecule has 1 fully saturated rings. The highest BCUT2D eigenvalue weighted by atomic mass is 16.5. The van der Waals surface area contributed by atoms with Crippen LogP contribution in [0.25, 0.3) is 0 Å². The normalized spacial score (nSPS) is 31.9. The Balaban J connectivity index is 1.72. The molecule has 1 aromatic rings. The molecule has 1 aromatic carbocycles. The summed E-state index contributed by atoms with van der Waals surface area (Å²) in [6, 6.07) is 8.01. The predicted molar refractivity (Wildman–Crippen MR) is 78.4 cm³/mol. The van der Waals surface area contributed by atoms with E-state index in [9.17, 15) is 0 Å². The number of hydrogen-bond donors (Lipinski definition) is 1. The van der Waals surface area contributed by atoms with E-state index >= 15 is 0 Å². The van der Waals surface area contributed by atoms with E-state index in [1.807, 2.05) is 7.11 Å². The fourth-order valence-electron chi connectivity index (χ4n) is 3.71. The molecule has 2 aliphatic carbocycles. The van der Waals surface area contributed by atoms with Crippen LogP contribution in [0.15, 0.2) is 18.2 Å². The number of ether oxygens (including phenoxy) is 1. The van der Waals surface area contributed by atoms with Crippen molar-refractivity contribution >= 4 is 0 Å². The maximum atomic E-state index is 5.54. The molecular formula is C17H25NO. The van der Waals surface area contributed by atoms with Gasteiger partial charge < -0.3 is 10.1 Å². The van der Waals surface area contributed by atoms with E-state index in [0.717, 1.165) is 6.42 Å². The molecule has 3 atom stereocenters. The zero-order chi connectivity index (χ0) is 13.6. The van der Waals surface area contributed by atoms with Crippen LogP contribution >= 0.6 is 0 Å². The molecule has 0 amide bonds. The molecule has 0 aliphatic heterocycles. The standard InChI is InChI=1S/C17H25NO/c1-11-5-6-12-7-8-14(13(12)9-11)18-15-10-16(19-4)17(15,2)3/h5-6,9,14-16,18H,7-8,10H2,1-4H3. The maximum Gasteiger partial charge on any atom is 0.0652 e. The van der Waals surface area contributed by atoms with Gasteiger partial charge in [-0.25, -0.2) is 0 Å². The van der Waals surface area contributed by atoms with Crippen LogP contribution in [0.1, 0.15) is 49.4 Å². The Kier molecular flexibility index (Phi) is 3.18. The molecule has 1 N–H and O–H groups in total. The van der Waals surface area contributed by atoms with Crippen molar-refractivity contribution in [1.82, 2.24) is 5.32 Å². The van der Waals surface area contributed by atoms with Crippen LogP contribution in [0.3, 0.4) is 0 Å². The quantitative estimate of drug-likeness (QED) is 0.898. The molecule has 104 valence electrons. The van der Waals surface area contributed by atoms with Gasteiger partial charge in [0.1, 0.15) is 0 Å². The largest absolute Gasteiger partial charge is 0.381 e. The molecule has 3 rings (SSSR count). The Morgan fingerprint density at radius 1 is 1.32 bits per heavy atom. The number of methoxy groups -OCH3 is 1. The van der Waals surface area contributed by atoms with Crippen molar-refractivity contribution in [1.29, 1.82) is 0 Å². The first-order valence-electron chi connectivity index (χ1n) is 7.40. The van der Waals surface area contributed by atoms with Gasteiger partial charge in [0.25, 0.3) is 0 Å². The summed E-state index contributed by atoms with van der Waals surface area (Å²) in [5, 5.41) is 3.87. The number of aryl methyl sites for hydroxylation is 2. The number of nitrogens with one attached hydrogen (secondary N) is 1. The van der Waals surface area contributed by atoms with Gasteiger partial charge >= 0.3 is 0 Å². The van der Waals surface area contributed by atoms with Gasteiger partial charge in [0, 0.05) is 24.6 Å². The maximum absolute atomic E-state index is 5.54. The number of hydrogen-bond acceptors (Lipinski definition) is 2. The Morgan fingerprint density at radius 2 is 2.11 bits per heavy atom. The average Bonchev–Trinajstić information content (AvgIpc) is 2.76. The van der Waals surface area contributed by atoms with Crippen LogP contribution in [-0.2, 0) is 11.2 Å². The van der Waals surface area contributed by atoms with E-state index < -0.39 is 0 Å². The predicted octanol–water partition coefficient (Wildman–Crippen LogP) is 3.39. The first-order valence-corrected chi connectivity index (χ1v) is 7.40. The fourth-order valence-corrected chi connectivity index (χ4v) is 3.71. The highest BCUT2D eigenvalue weighted by molar-refractivity contribution is 5.37. The summed E-state index contributed by atoms with van der Waals surface area (Å²) in [6.07, 6.45) is 4.00. The lowest BCUT2D eigenvalue weighted by Crippen LogP contribution is -2.61. The second-order valence-corrected chi connectivity index (χ2v) is 6.79. The van der Waals surface area contributed by atoms with Gasteiger partial charge in [-0.15, -0.1) is 0 Å². The monoisotopic (exact) mass is 259 g/mol. The summed E-state index contributed by atoms with van der Waals surface area (Å²) in [7, 11) is 1.83. The Morgan fingerprint density at radius 3 is 2.79 bits per heavy atom. The molecule has 19 heavy (non-hydrogen) atoms. The third-order valence-corrected chi connectivity index (χ3v) is 5.24. The summed E-state index contributed by atoms with van der Waals surface area (Å²) >= 11 is 0. The number of rotatable bonds is 3. The lowest BCUT2D eigenvalue weighted by molar-refractivity contribution is -0.100. The van der Waals surface area contributed by atoms with E-state index in [2.05, 4.69) is 44.3 Å². The molecule has 3 unspecified atom stereocenters. The van der Waals surface area contributed by atoms with Crippen molar-refractivity contribution in [3.05, 3.63) is 34.9 Å². The van der Waals surface area contributed by atoms with Crippen LogP contribution in [0.2, 0.25) is 0 Å². The smallest absolute Gasteiger partial charge is 0.0652 e. The van der Waals surface area contributed by atoms with Crippen LogP contribution < -0.4 is 5.32 Å². The minimum atomic E-state index is 0.251. The second kappa shape index (κ2) is 4.60. The zero-order valence-corrected chi connectivity index (χ0v) is 12.5. The first-order chi connectivity index (χ1) is 9.02. The molecular weight excluding hydrogens is 234 g/mol. The molecule has 2 aliphatic rings. The van der Waals surface area contributed by atoms with Gasteiger partial charge in [-0.1, -0.05) is 37.6 Å². The topological polar surface area (TPSA) is 21.3 Å². The molecule has 0 radical (unpaired) electrons. The summed E-state index contributed by atoms with van der Waals surface area (Å²) in [6.45, 7) is 6.81. The van der Waals surface area contributed by atoms with Gasteiger partial charge in [-0.05, 0) is 37.3 Å².